The van der Waals surface area contributed by atoms with Crippen LogP contribution in [0, 0.1) is 0 Å². The summed E-state index contributed by atoms with van der Waals surface area (Å²) in [5, 5.41) is 4.13. The van der Waals surface area contributed by atoms with E-state index >= 15 is 0 Å². The van der Waals surface area contributed by atoms with Crippen LogP contribution >= 0.6 is 15.9 Å². The van der Waals surface area contributed by atoms with Gasteiger partial charge in [-0.25, -0.2) is 4.98 Å². The molecular formula is C14H14BrN5. The normalized spacial score (nSPS) is 11.4. The third kappa shape index (κ3) is 2.06. The van der Waals surface area contributed by atoms with Crippen molar-refractivity contribution in [3.05, 3.63) is 40.8 Å². The summed E-state index contributed by atoms with van der Waals surface area (Å²) in [5.41, 5.74) is 9.17. The molecule has 3 rings (SSSR count). The minimum Gasteiger partial charge on any atom is -0.383 e. The van der Waals surface area contributed by atoms with E-state index < -0.39 is 0 Å². The van der Waals surface area contributed by atoms with Crippen LogP contribution in [0.2, 0.25) is 0 Å². The number of nitrogen functional groups attached to an aromatic ring is 1. The molecule has 2 aromatic heterocycles. The Balaban J connectivity index is 2.34. The lowest BCUT2D eigenvalue weighted by Gasteiger charge is -2.15. The number of hydrogen-bond acceptors (Lipinski definition) is 4. The van der Waals surface area contributed by atoms with Crippen LogP contribution in [0.25, 0.3) is 16.9 Å². The molecule has 0 fully saturated rings. The summed E-state index contributed by atoms with van der Waals surface area (Å²) in [6.45, 7) is 4.19. The molecule has 0 unspecified atom stereocenters. The molecule has 0 saturated carbocycles. The van der Waals surface area contributed by atoms with Crippen molar-refractivity contribution in [2.45, 2.75) is 19.8 Å². The van der Waals surface area contributed by atoms with Crippen LogP contribution in [0.4, 0.5) is 5.82 Å². The van der Waals surface area contributed by atoms with E-state index in [9.17, 15) is 0 Å². The van der Waals surface area contributed by atoms with Crippen molar-refractivity contribution in [2.75, 3.05) is 5.73 Å². The standard InChI is InChI=1S/C14H14BrN5/c1-8(2)12-11(9-3-5-10(15)6-4-9)13(16)20-14(19-12)17-7-18-20/h3-8H,16H2,1-2H3. The van der Waals surface area contributed by atoms with Gasteiger partial charge in [-0.1, -0.05) is 41.9 Å². The average Bonchev–Trinajstić information content (AvgIpc) is 2.88. The summed E-state index contributed by atoms with van der Waals surface area (Å²) >= 11 is 3.44. The van der Waals surface area contributed by atoms with Crippen molar-refractivity contribution in [1.82, 2.24) is 19.6 Å². The molecule has 20 heavy (non-hydrogen) atoms. The Hall–Kier alpha value is -1.95. The fraction of sp³-hybridized carbons (Fsp3) is 0.214. The minimum atomic E-state index is 0.248. The number of fused-ring (bicyclic) bond motifs is 1. The fourth-order valence-electron chi connectivity index (χ4n) is 2.21. The molecule has 1 aromatic carbocycles. The monoisotopic (exact) mass is 331 g/mol. The Bertz CT molecular complexity index is 761. The smallest absolute Gasteiger partial charge is 0.254 e. The maximum absolute atomic E-state index is 6.28. The van der Waals surface area contributed by atoms with Gasteiger partial charge in [-0.05, 0) is 23.6 Å². The van der Waals surface area contributed by atoms with Crippen molar-refractivity contribution < 1.29 is 0 Å². The van der Waals surface area contributed by atoms with Gasteiger partial charge in [-0.2, -0.15) is 14.6 Å². The van der Waals surface area contributed by atoms with E-state index in [1.807, 2.05) is 24.3 Å². The molecule has 0 spiro atoms. The molecule has 0 aliphatic carbocycles. The first-order valence-electron chi connectivity index (χ1n) is 6.33. The predicted molar refractivity (Wildman–Crippen MR) is 82.4 cm³/mol. The summed E-state index contributed by atoms with van der Waals surface area (Å²) in [4.78, 5) is 8.72. The van der Waals surface area contributed by atoms with Gasteiger partial charge in [0, 0.05) is 10.0 Å². The number of nitrogens with two attached hydrogens (primary N) is 1. The topological polar surface area (TPSA) is 69.1 Å². The van der Waals surface area contributed by atoms with Gasteiger partial charge in [0.15, 0.2) is 0 Å². The first-order valence-corrected chi connectivity index (χ1v) is 7.12. The quantitative estimate of drug-likeness (QED) is 0.782. The average molecular weight is 332 g/mol. The molecule has 0 aliphatic heterocycles. The van der Waals surface area contributed by atoms with E-state index in [1.165, 1.54) is 6.33 Å². The largest absolute Gasteiger partial charge is 0.383 e. The molecule has 0 aliphatic rings. The summed E-state index contributed by atoms with van der Waals surface area (Å²) in [6.07, 6.45) is 1.47. The zero-order valence-corrected chi connectivity index (χ0v) is 12.8. The van der Waals surface area contributed by atoms with Crippen molar-refractivity contribution >= 4 is 27.5 Å². The number of benzene rings is 1. The lowest BCUT2D eigenvalue weighted by molar-refractivity contribution is 0.813. The molecule has 0 atom stereocenters. The number of anilines is 1. The zero-order chi connectivity index (χ0) is 14.3. The minimum absolute atomic E-state index is 0.248. The lowest BCUT2D eigenvalue weighted by atomic mass is 9.98. The van der Waals surface area contributed by atoms with Crippen molar-refractivity contribution in [1.29, 1.82) is 0 Å². The highest BCUT2D eigenvalue weighted by Crippen LogP contribution is 2.33. The van der Waals surface area contributed by atoms with Crippen LogP contribution in [-0.2, 0) is 0 Å². The van der Waals surface area contributed by atoms with Crippen LogP contribution in [-0.4, -0.2) is 19.6 Å². The third-order valence-electron chi connectivity index (χ3n) is 3.17. The molecule has 5 nitrogen and oxygen atoms in total. The van der Waals surface area contributed by atoms with Gasteiger partial charge in [-0.15, -0.1) is 0 Å². The first-order chi connectivity index (χ1) is 9.58. The summed E-state index contributed by atoms with van der Waals surface area (Å²) < 4.78 is 2.60. The van der Waals surface area contributed by atoms with E-state index in [2.05, 4.69) is 44.8 Å². The Morgan fingerprint density at radius 3 is 2.55 bits per heavy atom. The molecule has 3 aromatic rings. The second-order valence-corrected chi connectivity index (χ2v) is 5.81. The second kappa shape index (κ2) is 4.86. The van der Waals surface area contributed by atoms with Crippen LogP contribution in [0.15, 0.2) is 35.1 Å². The highest BCUT2D eigenvalue weighted by Gasteiger charge is 2.18. The van der Waals surface area contributed by atoms with Gasteiger partial charge >= 0.3 is 0 Å². The van der Waals surface area contributed by atoms with Crippen LogP contribution in [0.1, 0.15) is 25.5 Å². The number of aromatic nitrogens is 4. The Morgan fingerprint density at radius 2 is 1.90 bits per heavy atom. The Labute approximate surface area is 125 Å². The van der Waals surface area contributed by atoms with Crippen LogP contribution in [0.5, 0.6) is 0 Å². The number of halogens is 1. The summed E-state index contributed by atoms with van der Waals surface area (Å²) in [5.74, 6) is 1.35. The van der Waals surface area contributed by atoms with E-state index in [0.717, 1.165) is 21.3 Å². The molecule has 2 N–H and O–H groups in total. The SMILES string of the molecule is CC(C)c1nc2ncnn2c(N)c1-c1ccc(Br)cc1. The maximum Gasteiger partial charge on any atom is 0.254 e. The lowest BCUT2D eigenvalue weighted by Crippen LogP contribution is -2.08. The summed E-state index contributed by atoms with van der Waals surface area (Å²) in [6, 6.07) is 8.02. The molecule has 6 heteroatoms. The Kier molecular flexibility index (Phi) is 3.17. The number of rotatable bonds is 2. The molecule has 0 saturated heterocycles. The maximum atomic E-state index is 6.28. The molecule has 2 heterocycles. The second-order valence-electron chi connectivity index (χ2n) is 4.89. The van der Waals surface area contributed by atoms with Crippen LogP contribution < -0.4 is 5.73 Å². The van der Waals surface area contributed by atoms with Gasteiger partial charge in [0.05, 0.1) is 5.69 Å². The Morgan fingerprint density at radius 1 is 1.20 bits per heavy atom. The first kappa shape index (κ1) is 13.1. The van der Waals surface area contributed by atoms with E-state index in [0.29, 0.717) is 11.6 Å². The molecule has 0 amide bonds. The number of hydrogen-bond donors (Lipinski definition) is 1. The van der Waals surface area contributed by atoms with Gasteiger partial charge in [-0.3, -0.25) is 0 Å². The van der Waals surface area contributed by atoms with E-state index in [4.69, 9.17) is 5.73 Å². The van der Waals surface area contributed by atoms with Crippen molar-refractivity contribution in [3.63, 3.8) is 0 Å². The number of nitrogens with zero attached hydrogens (tertiary/aromatic N) is 4. The van der Waals surface area contributed by atoms with Gasteiger partial charge in [0.2, 0.25) is 0 Å². The van der Waals surface area contributed by atoms with Crippen LogP contribution in [0.3, 0.4) is 0 Å². The highest BCUT2D eigenvalue weighted by atomic mass is 79.9. The van der Waals surface area contributed by atoms with Crippen molar-refractivity contribution in [2.24, 2.45) is 0 Å². The molecule has 102 valence electrons. The predicted octanol–water partition coefficient (Wildman–Crippen LogP) is 3.26. The highest BCUT2D eigenvalue weighted by molar-refractivity contribution is 9.10. The molecule has 0 bridgehead atoms. The van der Waals surface area contributed by atoms with E-state index in [-0.39, 0.29) is 5.92 Å². The van der Waals surface area contributed by atoms with Gasteiger partial charge < -0.3 is 5.73 Å². The van der Waals surface area contributed by atoms with Crippen molar-refractivity contribution in [3.8, 4) is 11.1 Å². The zero-order valence-electron chi connectivity index (χ0n) is 11.2. The fourth-order valence-corrected chi connectivity index (χ4v) is 2.48. The molecular weight excluding hydrogens is 318 g/mol. The third-order valence-corrected chi connectivity index (χ3v) is 3.70. The summed E-state index contributed by atoms with van der Waals surface area (Å²) in [7, 11) is 0. The molecule has 0 radical (unpaired) electrons. The van der Waals surface area contributed by atoms with Gasteiger partial charge in [0.1, 0.15) is 12.1 Å². The van der Waals surface area contributed by atoms with E-state index in [1.54, 1.807) is 4.52 Å². The van der Waals surface area contributed by atoms with Gasteiger partial charge in [0.25, 0.3) is 5.78 Å².